The van der Waals surface area contributed by atoms with Crippen molar-refractivity contribution in [1.29, 1.82) is 0 Å². The van der Waals surface area contributed by atoms with E-state index in [1.165, 1.54) is 6.92 Å². The van der Waals surface area contributed by atoms with E-state index in [0.717, 1.165) is 0 Å². The number of carbonyl (C=O) groups is 1. The van der Waals surface area contributed by atoms with Crippen molar-refractivity contribution in [2.24, 2.45) is 0 Å². The van der Waals surface area contributed by atoms with Crippen molar-refractivity contribution in [1.82, 2.24) is 0 Å². The van der Waals surface area contributed by atoms with Gasteiger partial charge >= 0.3 is 11.5 Å². The summed E-state index contributed by atoms with van der Waals surface area (Å²) in [6, 6.07) is 0. The number of ether oxygens (including phenoxy) is 1. The van der Waals surface area contributed by atoms with Crippen LogP contribution in [0.15, 0.2) is 0 Å². The fourth-order valence-electron chi connectivity index (χ4n) is 0.535. The molecule has 15 heavy (non-hydrogen) atoms. The first-order valence-corrected chi connectivity index (χ1v) is 6.80. The summed E-state index contributed by atoms with van der Waals surface area (Å²) < 4.78 is 60.7. The fraction of sp³-hybridized carbons (Fsp3) is 0.833. The Labute approximate surface area is 88.5 Å². The maximum Gasteiger partial charge on any atom is 0.507 e. The summed E-state index contributed by atoms with van der Waals surface area (Å²) >= 11 is 0. The van der Waals surface area contributed by atoms with Gasteiger partial charge in [0.2, 0.25) is 0 Å². The first-order chi connectivity index (χ1) is 6.70. The minimum atomic E-state index is -5.29. The van der Waals surface area contributed by atoms with Crippen LogP contribution in [0, 0.1) is 0 Å². The van der Waals surface area contributed by atoms with Gasteiger partial charge in [-0.15, -0.1) is 0 Å². The maximum atomic E-state index is 11.8. The Balaban J connectivity index is 4.03. The predicted molar refractivity (Wildman–Crippen MR) is 48.7 cm³/mol. The summed E-state index contributed by atoms with van der Waals surface area (Å²) in [7, 11) is -5.51. The molecule has 9 heteroatoms. The number of esters is 1. The van der Waals surface area contributed by atoms with E-state index < -0.39 is 26.1 Å². The molecule has 0 amide bonds. The van der Waals surface area contributed by atoms with Crippen molar-refractivity contribution < 1.29 is 31.1 Å². The Kier molecular flexibility index (Phi) is 5.43. The molecule has 0 heterocycles. The zero-order valence-corrected chi connectivity index (χ0v) is 9.34. The molecule has 0 radical (unpaired) electrons. The summed E-state index contributed by atoms with van der Waals surface area (Å²) in [5, 5.41) is 0. The summed E-state index contributed by atoms with van der Waals surface area (Å²) in [5.41, 5.74) is -5.29. The molecule has 90 valence electrons. The molecule has 0 rings (SSSR count). The van der Waals surface area contributed by atoms with Gasteiger partial charge in [-0.05, 0) is 17.7 Å². The van der Waals surface area contributed by atoms with Gasteiger partial charge in [0, 0.05) is 5.75 Å². The van der Waals surface area contributed by atoms with E-state index >= 15 is 0 Å². The van der Waals surface area contributed by atoms with Crippen LogP contribution in [0.4, 0.5) is 13.2 Å². The molecular formula is C6H9F3O4S2. The average Bonchev–Trinajstić information content (AvgIpc) is 2.01. The van der Waals surface area contributed by atoms with Crippen molar-refractivity contribution in [3.63, 3.8) is 0 Å². The minimum absolute atomic E-state index is 0.107. The third-order valence-electron chi connectivity index (χ3n) is 1.13. The van der Waals surface area contributed by atoms with E-state index in [1.807, 2.05) is 0 Å². The highest BCUT2D eigenvalue weighted by Crippen LogP contribution is 2.32. The van der Waals surface area contributed by atoms with E-state index in [-0.39, 0.29) is 23.8 Å². The minimum Gasteiger partial charge on any atom is -0.466 e. The average molecular weight is 266 g/mol. The van der Waals surface area contributed by atoms with E-state index in [4.69, 9.17) is 0 Å². The van der Waals surface area contributed by atoms with Crippen molar-refractivity contribution in [2.75, 3.05) is 12.4 Å². The number of alkyl halides is 3. The van der Waals surface area contributed by atoms with Gasteiger partial charge < -0.3 is 4.74 Å². The lowest BCUT2D eigenvalue weighted by molar-refractivity contribution is -0.142. The van der Waals surface area contributed by atoms with Crippen molar-refractivity contribution >= 4 is 25.6 Å². The van der Waals surface area contributed by atoms with Crippen molar-refractivity contribution in [3.05, 3.63) is 0 Å². The molecule has 0 N–H and O–H groups in total. The second-order valence-electron chi connectivity index (χ2n) is 2.28. The van der Waals surface area contributed by atoms with Gasteiger partial charge in [-0.3, -0.25) is 4.79 Å². The number of hydrogen-bond donors (Lipinski definition) is 0. The number of hydrogen-bond acceptors (Lipinski definition) is 5. The zero-order chi connectivity index (χ0) is 12.1. The van der Waals surface area contributed by atoms with Crippen LogP contribution in [0.3, 0.4) is 0 Å². The lowest BCUT2D eigenvalue weighted by Crippen LogP contribution is -2.20. The number of rotatable bonds is 5. The Morgan fingerprint density at radius 2 is 1.93 bits per heavy atom. The zero-order valence-electron chi connectivity index (χ0n) is 7.70. The van der Waals surface area contributed by atoms with Crippen LogP contribution in [-0.2, 0) is 18.4 Å². The standard InChI is InChI=1S/C6H9F3O4S2/c1-2-13-5(10)3-4-14-15(11,12)6(7,8)9/h2-4H2,1H3. The lowest BCUT2D eigenvalue weighted by atomic mass is 10.5. The van der Waals surface area contributed by atoms with Gasteiger partial charge in [-0.2, -0.15) is 13.2 Å². The van der Waals surface area contributed by atoms with E-state index in [1.54, 1.807) is 0 Å². The van der Waals surface area contributed by atoms with Gasteiger partial charge in [0.15, 0.2) is 0 Å². The predicted octanol–water partition coefficient (Wildman–Crippen LogP) is 1.52. The molecule has 0 fully saturated rings. The smallest absolute Gasteiger partial charge is 0.466 e. The Morgan fingerprint density at radius 1 is 1.40 bits per heavy atom. The maximum absolute atomic E-state index is 11.8. The fourth-order valence-corrected chi connectivity index (χ4v) is 2.45. The molecule has 0 unspecified atom stereocenters. The highest BCUT2D eigenvalue weighted by Gasteiger charge is 2.46. The topological polar surface area (TPSA) is 60.4 Å². The second kappa shape index (κ2) is 5.59. The van der Waals surface area contributed by atoms with Crippen LogP contribution in [0.1, 0.15) is 13.3 Å². The lowest BCUT2D eigenvalue weighted by Gasteiger charge is -2.06. The molecule has 0 aliphatic carbocycles. The molecule has 0 atom stereocenters. The third-order valence-corrected chi connectivity index (χ3v) is 4.38. The molecule has 0 aromatic heterocycles. The molecule has 0 aliphatic rings. The monoisotopic (exact) mass is 266 g/mol. The van der Waals surface area contributed by atoms with Gasteiger partial charge in [-0.25, -0.2) is 8.42 Å². The SMILES string of the molecule is CCOC(=O)CCSS(=O)(=O)C(F)(F)F. The van der Waals surface area contributed by atoms with E-state index in [2.05, 4.69) is 4.74 Å². The summed E-state index contributed by atoms with van der Waals surface area (Å²) in [6.07, 6.45) is -0.367. The second-order valence-corrected chi connectivity index (χ2v) is 6.32. The first kappa shape index (κ1) is 14.6. The Hall–Kier alpha value is -0.440. The summed E-state index contributed by atoms with van der Waals surface area (Å²) in [6.45, 7) is 1.65. The van der Waals surface area contributed by atoms with Crippen LogP contribution in [0.5, 0.6) is 0 Å². The molecule has 4 nitrogen and oxygen atoms in total. The van der Waals surface area contributed by atoms with Crippen LogP contribution in [0.2, 0.25) is 0 Å². The molecule has 0 saturated carbocycles. The van der Waals surface area contributed by atoms with Crippen molar-refractivity contribution in [2.45, 2.75) is 18.9 Å². The van der Waals surface area contributed by atoms with Gasteiger partial charge in [0.25, 0.3) is 8.87 Å². The normalized spacial score (nSPS) is 12.5. The number of carbonyl (C=O) groups excluding carboxylic acids is 1. The summed E-state index contributed by atoms with van der Waals surface area (Å²) in [4.78, 5) is 10.7. The van der Waals surface area contributed by atoms with Gasteiger partial charge in [0.05, 0.1) is 13.0 Å². The van der Waals surface area contributed by atoms with Gasteiger partial charge in [-0.1, -0.05) is 0 Å². The molecule has 0 bridgehead atoms. The van der Waals surface area contributed by atoms with Crippen LogP contribution < -0.4 is 0 Å². The molecule has 0 spiro atoms. The molecule has 0 aromatic rings. The van der Waals surface area contributed by atoms with Crippen LogP contribution >= 0.6 is 10.8 Å². The largest absolute Gasteiger partial charge is 0.507 e. The quantitative estimate of drug-likeness (QED) is 0.557. The third kappa shape index (κ3) is 5.26. The molecule has 0 aliphatic heterocycles. The van der Waals surface area contributed by atoms with Gasteiger partial charge in [0.1, 0.15) is 0 Å². The molecular weight excluding hydrogens is 257 g/mol. The number of halogens is 3. The Bertz CT molecular complexity index is 309. The van der Waals surface area contributed by atoms with Crippen molar-refractivity contribution in [3.8, 4) is 0 Å². The van der Waals surface area contributed by atoms with E-state index in [9.17, 15) is 26.4 Å². The molecule has 0 saturated heterocycles. The first-order valence-electron chi connectivity index (χ1n) is 3.82. The highest BCUT2D eigenvalue weighted by molar-refractivity contribution is 8.72. The Morgan fingerprint density at radius 3 is 2.33 bits per heavy atom. The van der Waals surface area contributed by atoms with Crippen LogP contribution in [-0.4, -0.2) is 32.3 Å². The molecule has 0 aromatic carbocycles. The van der Waals surface area contributed by atoms with Crippen LogP contribution in [0.25, 0.3) is 0 Å². The summed E-state index contributed by atoms with van der Waals surface area (Å²) in [5.74, 6) is -1.19. The van der Waals surface area contributed by atoms with E-state index in [0.29, 0.717) is 0 Å². The highest BCUT2D eigenvalue weighted by atomic mass is 33.1.